The molecule has 136 valence electrons. The second-order valence-corrected chi connectivity index (χ2v) is 6.52. The van der Waals surface area contributed by atoms with E-state index in [1.807, 2.05) is 0 Å². The van der Waals surface area contributed by atoms with E-state index in [0.717, 1.165) is 0 Å². The van der Waals surface area contributed by atoms with Crippen LogP contribution in [0, 0.1) is 0 Å². The molecule has 0 saturated heterocycles. The Morgan fingerprint density at radius 3 is 2.27 bits per heavy atom. The standard InChI is InChI=1S/C16H12Cl3N3O3S/c17-10-3-1-9(2-4-10)15(24)20-16(26)22-21-14(23)8-25-13-6-5-11(18)7-12(13)19/h1-7H,8H2,(H,21,23)(H2,20,22,24,26). The van der Waals surface area contributed by atoms with Crippen LogP contribution in [0.25, 0.3) is 0 Å². The number of ether oxygens (including phenoxy) is 1. The molecule has 0 aliphatic carbocycles. The van der Waals surface area contributed by atoms with Crippen molar-refractivity contribution in [3.8, 4) is 5.75 Å². The van der Waals surface area contributed by atoms with Gasteiger partial charge in [-0.3, -0.25) is 25.8 Å². The van der Waals surface area contributed by atoms with E-state index < -0.39 is 11.8 Å². The molecule has 0 aliphatic rings. The summed E-state index contributed by atoms with van der Waals surface area (Å²) >= 11 is 22.4. The van der Waals surface area contributed by atoms with Crippen LogP contribution in [0.4, 0.5) is 0 Å². The number of nitrogens with one attached hydrogen (secondary N) is 3. The Balaban J connectivity index is 1.75. The van der Waals surface area contributed by atoms with Gasteiger partial charge < -0.3 is 4.74 Å². The number of halogens is 3. The fraction of sp³-hybridized carbons (Fsp3) is 0.0625. The quantitative estimate of drug-likeness (QED) is 0.510. The van der Waals surface area contributed by atoms with Gasteiger partial charge in [0.1, 0.15) is 5.75 Å². The Kier molecular flexibility index (Phi) is 7.47. The van der Waals surface area contributed by atoms with E-state index >= 15 is 0 Å². The molecule has 3 N–H and O–H groups in total. The summed E-state index contributed by atoms with van der Waals surface area (Å²) in [5, 5.41) is 3.57. The number of hydrogen-bond donors (Lipinski definition) is 3. The number of carbonyl (C=O) groups is 2. The first-order valence-electron chi connectivity index (χ1n) is 7.09. The van der Waals surface area contributed by atoms with Crippen LogP contribution in [0.5, 0.6) is 5.75 Å². The molecule has 0 spiro atoms. The first-order chi connectivity index (χ1) is 12.3. The zero-order valence-corrected chi connectivity index (χ0v) is 16.1. The number of carbonyl (C=O) groups excluding carboxylic acids is 2. The average Bonchev–Trinajstić information content (AvgIpc) is 2.59. The lowest BCUT2D eigenvalue weighted by Gasteiger charge is -2.12. The predicted octanol–water partition coefficient (Wildman–Crippen LogP) is 3.36. The summed E-state index contributed by atoms with van der Waals surface area (Å²) in [7, 11) is 0. The van der Waals surface area contributed by atoms with Gasteiger partial charge in [-0.1, -0.05) is 34.8 Å². The highest BCUT2D eigenvalue weighted by atomic mass is 35.5. The smallest absolute Gasteiger partial charge is 0.276 e. The van der Waals surface area contributed by atoms with E-state index in [-0.39, 0.29) is 16.7 Å². The van der Waals surface area contributed by atoms with E-state index in [1.54, 1.807) is 36.4 Å². The minimum Gasteiger partial charge on any atom is -0.482 e. The van der Waals surface area contributed by atoms with Gasteiger partial charge in [0, 0.05) is 15.6 Å². The molecular formula is C16H12Cl3N3O3S. The van der Waals surface area contributed by atoms with E-state index in [1.165, 1.54) is 6.07 Å². The maximum atomic E-state index is 11.9. The number of rotatable bonds is 4. The van der Waals surface area contributed by atoms with Crippen molar-refractivity contribution >= 4 is 63.9 Å². The van der Waals surface area contributed by atoms with Crippen LogP contribution >= 0.6 is 47.0 Å². The van der Waals surface area contributed by atoms with E-state index in [9.17, 15) is 9.59 Å². The van der Waals surface area contributed by atoms with Crippen molar-refractivity contribution in [1.29, 1.82) is 0 Å². The van der Waals surface area contributed by atoms with Gasteiger partial charge in [0.25, 0.3) is 11.8 Å². The first-order valence-corrected chi connectivity index (χ1v) is 8.63. The molecule has 0 heterocycles. The molecule has 26 heavy (non-hydrogen) atoms. The SMILES string of the molecule is O=C(COc1ccc(Cl)cc1Cl)NNC(=S)NC(=O)c1ccc(Cl)cc1. The fourth-order valence-corrected chi connectivity index (χ4v) is 2.44. The van der Waals surface area contributed by atoms with Crippen LogP contribution in [0.2, 0.25) is 15.1 Å². The molecule has 2 amide bonds. The molecule has 0 aromatic heterocycles. The lowest BCUT2D eigenvalue weighted by Crippen LogP contribution is -2.49. The predicted molar refractivity (Wildman–Crippen MR) is 105 cm³/mol. The summed E-state index contributed by atoms with van der Waals surface area (Å²) in [6.07, 6.45) is 0. The van der Waals surface area contributed by atoms with Crippen molar-refractivity contribution in [2.24, 2.45) is 0 Å². The molecule has 2 aromatic carbocycles. The number of benzene rings is 2. The molecule has 0 radical (unpaired) electrons. The summed E-state index contributed by atoms with van der Waals surface area (Å²) in [6, 6.07) is 10.9. The van der Waals surface area contributed by atoms with Gasteiger partial charge in [0.2, 0.25) is 0 Å². The third-order valence-corrected chi connectivity index (χ3v) is 3.89. The van der Waals surface area contributed by atoms with Crippen LogP contribution in [0.1, 0.15) is 10.4 Å². The molecule has 0 atom stereocenters. The monoisotopic (exact) mass is 431 g/mol. The molecule has 2 aromatic rings. The number of hydrazine groups is 1. The summed E-state index contributed by atoms with van der Waals surface area (Å²) in [5.74, 6) is -0.665. The van der Waals surface area contributed by atoms with Gasteiger partial charge >= 0.3 is 0 Å². The van der Waals surface area contributed by atoms with E-state index in [0.29, 0.717) is 21.4 Å². The highest BCUT2D eigenvalue weighted by Crippen LogP contribution is 2.27. The maximum Gasteiger partial charge on any atom is 0.276 e. The van der Waals surface area contributed by atoms with Gasteiger partial charge in [0.15, 0.2) is 11.7 Å². The minimum absolute atomic E-state index is 0.0807. The van der Waals surface area contributed by atoms with Gasteiger partial charge in [0.05, 0.1) is 5.02 Å². The van der Waals surface area contributed by atoms with Crippen LogP contribution in [0.15, 0.2) is 42.5 Å². The van der Waals surface area contributed by atoms with Crippen LogP contribution in [-0.2, 0) is 4.79 Å². The zero-order chi connectivity index (χ0) is 19.1. The van der Waals surface area contributed by atoms with Crippen molar-refractivity contribution in [2.45, 2.75) is 0 Å². The highest BCUT2D eigenvalue weighted by Gasteiger charge is 2.10. The molecule has 0 bridgehead atoms. The molecular weight excluding hydrogens is 421 g/mol. The van der Waals surface area contributed by atoms with Crippen molar-refractivity contribution in [3.05, 3.63) is 63.1 Å². The lowest BCUT2D eigenvalue weighted by atomic mass is 10.2. The highest BCUT2D eigenvalue weighted by molar-refractivity contribution is 7.80. The molecule has 10 heteroatoms. The van der Waals surface area contributed by atoms with Gasteiger partial charge in [-0.05, 0) is 54.7 Å². The Bertz CT molecular complexity index is 831. The average molecular weight is 433 g/mol. The molecule has 0 fully saturated rings. The Morgan fingerprint density at radius 2 is 1.62 bits per heavy atom. The second-order valence-electron chi connectivity index (χ2n) is 4.83. The topological polar surface area (TPSA) is 79.5 Å². The molecule has 2 rings (SSSR count). The largest absolute Gasteiger partial charge is 0.482 e. The van der Waals surface area contributed by atoms with Gasteiger partial charge in [-0.2, -0.15) is 0 Å². The van der Waals surface area contributed by atoms with E-state index in [2.05, 4.69) is 16.2 Å². The Labute approximate surface area is 169 Å². The molecule has 6 nitrogen and oxygen atoms in total. The maximum absolute atomic E-state index is 11.9. The summed E-state index contributed by atoms with van der Waals surface area (Å²) in [6.45, 7) is -0.317. The fourth-order valence-electron chi connectivity index (χ4n) is 1.71. The van der Waals surface area contributed by atoms with Crippen LogP contribution < -0.4 is 20.9 Å². The number of hydrogen-bond acceptors (Lipinski definition) is 4. The van der Waals surface area contributed by atoms with Gasteiger partial charge in [-0.25, -0.2) is 0 Å². The van der Waals surface area contributed by atoms with Crippen molar-refractivity contribution in [1.82, 2.24) is 16.2 Å². The number of amides is 2. The molecule has 0 unspecified atom stereocenters. The first kappa shape index (κ1) is 20.3. The van der Waals surface area contributed by atoms with Crippen LogP contribution in [0.3, 0.4) is 0 Å². The summed E-state index contributed by atoms with van der Waals surface area (Å²) < 4.78 is 5.26. The summed E-state index contributed by atoms with van der Waals surface area (Å²) in [4.78, 5) is 23.7. The van der Waals surface area contributed by atoms with E-state index in [4.69, 9.17) is 51.8 Å². The Hall–Kier alpha value is -2.06. The summed E-state index contributed by atoms with van der Waals surface area (Å²) in [5.41, 5.74) is 5.05. The normalized spacial score (nSPS) is 9.96. The lowest BCUT2D eigenvalue weighted by molar-refractivity contribution is -0.123. The van der Waals surface area contributed by atoms with Crippen molar-refractivity contribution < 1.29 is 14.3 Å². The molecule has 0 aliphatic heterocycles. The number of thiocarbonyl (C=S) groups is 1. The molecule has 0 saturated carbocycles. The third kappa shape index (κ3) is 6.34. The Morgan fingerprint density at radius 1 is 0.962 bits per heavy atom. The third-order valence-electron chi connectivity index (χ3n) is 2.90. The second kappa shape index (κ2) is 9.59. The van der Waals surface area contributed by atoms with Crippen LogP contribution in [-0.4, -0.2) is 23.5 Å². The van der Waals surface area contributed by atoms with Crippen molar-refractivity contribution in [3.63, 3.8) is 0 Å². The van der Waals surface area contributed by atoms with Gasteiger partial charge in [-0.15, -0.1) is 0 Å². The minimum atomic E-state index is -0.529. The zero-order valence-electron chi connectivity index (χ0n) is 13.0. The van der Waals surface area contributed by atoms with Crippen molar-refractivity contribution in [2.75, 3.05) is 6.61 Å².